The average Bonchev–Trinajstić information content (AvgIpc) is 3.04. The van der Waals surface area contributed by atoms with E-state index in [-0.39, 0.29) is 0 Å². The van der Waals surface area contributed by atoms with Gasteiger partial charge in [-0.1, -0.05) is 146 Å². The molecule has 0 aromatic heterocycles. The first-order valence-corrected chi connectivity index (χ1v) is 17.3. The van der Waals surface area contributed by atoms with Crippen molar-refractivity contribution in [2.75, 3.05) is 13.2 Å². The molecule has 4 rings (SSSR count). The third kappa shape index (κ3) is 10.5. The number of hydrogen-bond donors (Lipinski definition) is 0. The topological polar surface area (TPSA) is 27.7 Å². The van der Waals surface area contributed by atoms with E-state index in [1.807, 2.05) is 30.3 Å². The Balaban J connectivity index is 1.50. The molecule has 0 aliphatic heterocycles. The molecular formula is C40H54O3. The molecule has 0 N–H and O–H groups in total. The predicted octanol–water partition coefficient (Wildman–Crippen LogP) is 12.8. The third-order valence-corrected chi connectivity index (χ3v) is 8.36. The van der Waals surface area contributed by atoms with Gasteiger partial charge in [-0.05, 0) is 43.2 Å². The molecule has 3 heteroatoms. The van der Waals surface area contributed by atoms with Crippen LogP contribution in [0.1, 0.15) is 117 Å². The molecule has 0 saturated carbocycles. The minimum atomic E-state index is 0.719. The zero-order valence-electron chi connectivity index (χ0n) is 26.9. The summed E-state index contributed by atoms with van der Waals surface area (Å²) in [6, 6.07) is 24.9. The molecule has 43 heavy (non-hydrogen) atoms. The quantitative estimate of drug-likeness (QED) is 0.0681. The number of rotatable bonds is 22. The van der Waals surface area contributed by atoms with Crippen LogP contribution in [0.15, 0.2) is 72.8 Å². The molecule has 4 aromatic carbocycles. The smallest absolute Gasteiger partial charge is 0.135 e. The van der Waals surface area contributed by atoms with Crippen LogP contribution in [-0.2, 0) is 0 Å². The molecule has 4 aromatic rings. The van der Waals surface area contributed by atoms with Crippen molar-refractivity contribution in [2.24, 2.45) is 0 Å². The zero-order chi connectivity index (χ0) is 30.0. The van der Waals surface area contributed by atoms with E-state index >= 15 is 0 Å². The third-order valence-electron chi connectivity index (χ3n) is 8.36. The fourth-order valence-corrected chi connectivity index (χ4v) is 5.90. The van der Waals surface area contributed by atoms with Gasteiger partial charge in [0.2, 0.25) is 0 Å². The van der Waals surface area contributed by atoms with Crippen molar-refractivity contribution >= 4 is 21.5 Å². The van der Waals surface area contributed by atoms with Gasteiger partial charge in [0.25, 0.3) is 0 Å². The van der Waals surface area contributed by atoms with E-state index in [0.717, 1.165) is 70.6 Å². The Kier molecular flexibility index (Phi) is 14.6. The first-order valence-electron chi connectivity index (χ1n) is 17.3. The number of ether oxygens (including phenoxy) is 3. The van der Waals surface area contributed by atoms with Crippen LogP contribution >= 0.6 is 0 Å². The summed E-state index contributed by atoms with van der Waals surface area (Å²) in [5, 5.41) is 4.37. The molecule has 232 valence electrons. The second-order valence-corrected chi connectivity index (χ2v) is 12.0. The summed E-state index contributed by atoms with van der Waals surface area (Å²) in [4.78, 5) is 0. The molecule has 0 aliphatic carbocycles. The summed E-state index contributed by atoms with van der Waals surface area (Å²) in [6.45, 7) is 6.00. The SMILES string of the molecule is CCCCCCCCCCOc1c2ccccc2c(OCCCCCCCCCC)c2cc(Oc3ccccc3)ccc12. The van der Waals surface area contributed by atoms with Crippen molar-refractivity contribution in [1.82, 2.24) is 0 Å². The van der Waals surface area contributed by atoms with Crippen LogP contribution < -0.4 is 14.2 Å². The van der Waals surface area contributed by atoms with Crippen LogP contribution in [0.2, 0.25) is 0 Å². The maximum absolute atomic E-state index is 6.62. The Morgan fingerprint density at radius 2 is 0.837 bits per heavy atom. The Labute approximate surface area is 260 Å². The van der Waals surface area contributed by atoms with E-state index in [4.69, 9.17) is 14.2 Å². The Morgan fingerprint density at radius 3 is 1.37 bits per heavy atom. The van der Waals surface area contributed by atoms with Crippen molar-refractivity contribution in [3.05, 3.63) is 72.8 Å². The normalized spacial score (nSPS) is 11.3. The van der Waals surface area contributed by atoms with Gasteiger partial charge in [0.05, 0.1) is 13.2 Å². The molecule has 0 heterocycles. The lowest BCUT2D eigenvalue weighted by atomic mass is 10.00. The number of para-hydroxylation sites is 1. The van der Waals surface area contributed by atoms with Gasteiger partial charge in [-0.25, -0.2) is 0 Å². The highest BCUT2D eigenvalue weighted by atomic mass is 16.5. The van der Waals surface area contributed by atoms with Gasteiger partial charge in [0.1, 0.15) is 23.0 Å². The van der Waals surface area contributed by atoms with Gasteiger partial charge in [0, 0.05) is 21.5 Å². The molecule has 0 atom stereocenters. The second-order valence-electron chi connectivity index (χ2n) is 12.0. The van der Waals surface area contributed by atoms with Crippen molar-refractivity contribution < 1.29 is 14.2 Å². The van der Waals surface area contributed by atoms with Gasteiger partial charge in [-0.15, -0.1) is 0 Å². The minimum Gasteiger partial charge on any atom is -0.492 e. The van der Waals surface area contributed by atoms with E-state index in [9.17, 15) is 0 Å². The number of hydrogen-bond acceptors (Lipinski definition) is 3. The molecule has 0 amide bonds. The van der Waals surface area contributed by atoms with Gasteiger partial charge in [0.15, 0.2) is 0 Å². The molecule has 0 radical (unpaired) electrons. The molecule has 0 bridgehead atoms. The van der Waals surface area contributed by atoms with Crippen molar-refractivity contribution in [2.45, 2.75) is 117 Å². The van der Waals surface area contributed by atoms with Gasteiger partial charge in [-0.3, -0.25) is 0 Å². The number of unbranched alkanes of at least 4 members (excludes halogenated alkanes) is 14. The number of benzene rings is 4. The van der Waals surface area contributed by atoms with Gasteiger partial charge < -0.3 is 14.2 Å². The summed E-state index contributed by atoms with van der Waals surface area (Å²) in [5.74, 6) is 3.53. The Hall–Kier alpha value is -3.20. The summed E-state index contributed by atoms with van der Waals surface area (Å²) in [7, 11) is 0. The minimum absolute atomic E-state index is 0.719. The van der Waals surface area contributed by atoms with E-state index in [0.29, 0.717) is 0 Å². The Bertz CT molecular complexity index is 1330. The largest absolute Gasteiger partial charge is 0.492 e. The van der Waals surface area contributed by atoms with Crippen molar-refractivity contribution in [3.8, 4) is 23.0 Å². The second kappa shape index (κ2) is 19.2. The highest BCUT2D eigenvalue weighted by Gasteiger charge is 2.17. The molecule has 0 unspecified atom stereocenters. The average molecular weight is 583 g/mol. The zero-order valence-corrected chi connectivity index (χ0v) is 26.9. The summed E-state index contributed by atoms with van der Waals surface area (Å²) < 4.78 is 19.5. The van der Waals surface area contributed by atoms with Gasteiger partial charge >= 0.3 is 0 Å². The lowest BCUT2D eigenvalue weighted by Crippen LogP contribution is -2.02. The highest BCUT2D eigenvalue weighted by molar-refractivity contribution is 6.11. The number of fused-ring (bicyclic) bond motifs is 2. The lowest BCUT2D eigenvalue weighted by molar-refractivity contribution is 0.306. The van der Waals surface area contributed by atoms with E-state index in [2.05, 4.69) is 56.3 Å². The highest BCUT2D eigenvalue weighted by Crippen LogP contribution is 2.44. The molecule has 0 spiro atoms. The van der Waals surface area contributed by atoms with Crippen LogP contribution in [0, 0.1) is 0 Å². The van der Waals surface area contributed by atoms with Crippen molar-refractivity contribution in [1.29, 1.82) is 0 Å². The van der Waals surface area contributed by atoms with Crippen LogP contribution in [0.5, 0.6) is 23.0 Å². The maximum atomic E-state index is 6.62. The monoisotopic (exact) mass is 582 g/mol. The Morgan fingerprint density at radius 1 is 0.395 bits per heavy atom. The first kappa shape index (κ1) is 32.7. The van der Waals surface area contributed by atoms with E-state index < -0.39 is 0 Å². The summed E-state index contributed by atoms with van der Waals surface area (Å²) >= 11 is 0. The molecular weight excluding hydrogens is 528 g/mol. The van der Waals surface area contributed by atoms with Gasteiger partial charge in [-0.2, -0.15) is 0 Å². The van der Waals surface area contributed by atoms with Crippen LogP contribution in [0.25, 0.3) is 21.5 Å². The fraction of sp³-hybridized carbons (Fsp3) is 0.500. The lowest BCUT2D eigenvalue weighted by Gasteiger charge is -2.19. The van der Waals surface area contributed by atoms with E-state index in [1.54, 1.807) is 0 Å². The standard InChI is InChI=1S/C40H54O3/c1-3-5-7-9-11-13-15-22-30-41-39-35-26-20-21-27-36(35)40(42-31-23-16-14-12-10-8-6-4-2)38-32-34(28-29-37(38)39)43-33-24-18-17-19-25-33/h17-21,24-29,32H,3-16,22-23,30-31H2,1-2H3. The maximum Gasteiger partial charge on any atom is 0.135 e. The van der Waals surface area contributed by atoms with E-state index in [1.165, 1.54) is 89.9 Å². The van der Waals surface area contributed by atoms with Crippen LogP contribution in [0.4, 0.5) is 0 Å². The first-order chi connectivity index (χ1) is 21.3. The molecule has 3 nitrogen and oxygen atoms in total. The summed E-state index contributed by atoms with van der Waals surface area (Å²) in [5.41, 5.74) is 0. The predicted molar refractivity (Wildman–Crippen MR) is 184 cm³/mol. The molecule has 0 saturated heterocycles. The molecule has 0 fully saturated rings. The molecule has 0 aliphatic rings. The van der Waals surface area contributed by atoms with Crippen molar-refractivity contribution in [3.63, 3.8) is 0 Å². The van der Waals surface area contributed by atoms with Crippen LogP contribution in [-0.4, -0.2) is 13.2 Å². The summed E-state index contributed by atoms with van der Waals surface area (Å²) in [6.07, 6.45) is 20.6. The fourth-order valence-electron chi connectivity index (χ4n) is 5.90. The van der Waals surface area contributed by atoms with Crippen LogP contribution in [0.3, 0.4) is 0 Å².